The van der Waals surface area contributed by atoms with Crippen molar-refractivity contribution in [3.05, 3.63) is 45.7 Å². The van der Waals surface area contributed by atoms with Crippen LogP contribution in [-0.2, 0) is 11.3 Å². The van der Waals surface area contributed by atoms with Gasteiger partial charge in [0.1, 0.15) is 6.54 Å². The predicted molar refractivity (Wildman–Crippen MR) is 81.1 cm³/mol. The molecule has 1 aromatic carbocycles. The Morgan fingerprint density at radius 1 is 1.25 bits per heavy atom. The molecular formula is C15H17ClN2O2. The number of hydrogen-bond donors (Lipinski definition) is 0. The Bertz CT molecular complexity index is 690. The van der Waals surface area contributed by atoms with E-state index in [1.54, 1.807) is 33.9 Å². The minimum absolute atomic E-state index is 0.0277. The second-order valence-electron chi connectivity index (χ2n) is 4.54. The minimum Gasteiger partial charge on any atom is -0.342 e. The SMILES string of the molecule is CCN(CC)C(=O)Cn1ccc(=O)c2ccc(Cl)cc21. The zero-order valence-corrected chi connectivity index (χ0v) is 12.4. The first-order valence-electron chi connectivity index (χ1n) is 6.63. The van der Waals surface area contributed by atoms with Gasteiger partial charge in [0.25, 0.3) is 0 Å². The molecule has 0 bridgehead atoms. The maximum Gasteiger partial charge on any atom is 0.242 e. The van der Waals surface area contributed by atoms with E-state index in [4.69, 9.17) is 11.6 Å². The average molecular weight is 293 g/mol. The van der Waals surface area contributed by atoms with Crippen molar-refractivity contribution >= 4 is 28.4 Å². The van der Waals surface area contributed by atoms with Crippen LogP contribution in [0.1, 0.15) is 13.8 Å². The van der Waals surface area contributed by atoms with E-state index in [-0.39, 0.29) is 17.9 Å². The maximum absolute atomic E-state index is 12.2. The molecule has 1 heterocycles. The van der Waals surface area contributed by atoms with Crippen molar-refractivity contribution in [1.82, 2.24) is 9.47 Å². The fraction of sp³-hybridized carbons (Fsp3) is 0.333. The van der Waals surface area contributed by atoms with Gasteiger partial charge in [0, 0.05) is 35.8 Å². The summed E-state index contributed by atoms with van der Waals surface area (Å²) in [6.45, 7) is 5.45. The van der Waals surface area contributed by atoms with Crippen LogP contribution in [0.5, 0.6) is 0 Å². The summed E-state index contributed by atoms with van der Waals surface area (Å²) in [7, 11) is 0. The molecule has 0 spiro atoms. The molecule has 4 nitrogen and oxygen atoms in total. The molecule has 0 N–H and O–H groups in total. The molecule has 0 unspecified atom stereocenters. The van der Waals surface area contributed by atoms with Crippen molar-refractivity contribution in [3.63, 3.8) is 0 Å². The Balaban J connectivity index is 2.45. The van der Waals surface area contributed by atoms with Gasteiger partial charge in [-0.1, -0.05) is 11.6 Å². The van der Waals surface area contributed by atoms with Crippen LogP contribution in [0.25, 0.3) is 10.9 Å². The topological polar surface area (TPSA) is 42.3 Å². The van der Waals surface area contributed by atoms with Crippen LogP contribution < -0.4 is 5.43 Å². The Hall–Kier alpha value is -1.81. The fourth-order valence-corrected chi connectivity index (χ4v) is 2.40. The third-order valence-corrected chi connectivity index (χ3v) is 3.60. The van der Waals surface area contributed by atoms with E-state index in [9.17, 15) is 9.59 Å². The Morgan fingerprint density at radius 2 is 1.95 bits per heavy atom. The van der Waals surface area contributed by atoms with Gasteiger partial charge in [-0.2, -0.15) is 0 Å². The van der Waals surface area contributed by atoms with Gasteiger partial charge in [0.2, 0.25) is 5.91 Å². The molecule has 0 aliphatic rings. The highest BCUT2D eigenvalue weighted by molar-refractivity contribution is 6.31. The standard InChI is InChI=1S/C15H17ClN2O2/c1-3-17(4-2)15(20)10-18-8-7-14(19)12-6-5-11(16)9-13(12)18/h5-9H,3-4,10H2,1-2H3. The smallest absolute Gasteiger partial charge is 0.242 e. The molecule has 2 aromatic rings. The van der Waals surface area contributed by atoms with Gasteiger partial charge in [-0.25, -0.2) is 0 Å². The first kappa shape index (κ1) is 14.6. The molecule has 1 aromatic heterocycles. The van der Waals surface area contributed by atoms with Crippen LogP contribution in [0.2, 0.25) is 5.02 Å². The Labute approximate surface area is 122 Å². The lowest BCUT2D eigenvalue weighted by Crippen LogP contribution is -2.33. The van der Waals surface area contributed by atoms with Gasteiger partial charge in [-0.3, -0.25) is 9.59 Å². The summed E-state index contributed by atoms with van der Waals surface area (Å²) in [6, 6.07) is 6.57. The average Bonchev–Trinajstić information content (AvgIpc) is 2.43. The Morgan fingerprint density at radius 3 is 2.60 bits per heavy atom. The summed E-state index contributed by atoms with van der Waals surface area (Å²) in [5, 5.41) is 1.12. The maximum atomic E-state index is 12.2. The van der Waals surface area contributed by atoms with Gasteiger partial charge in [0.15, 0.2) is 5.43 Å². The number of nitrogens with zero attached hydrogens (tertiary/aromatic N) is 2. The number of likely N-dealkylation sites (N-methyl/N-ethyl adjacent to an activating group) is 1. The number of halogens is 1. The molecule has 0 radical (unpaired) electrons. The van der Waals surface area contributed by atoms with E-state index >= 15 is 0 Å². The van der Waals surface area contributed by atoms with Crippen LogP contribution in [0, 0.1) is 0 Å². The first-order chi connectivity index (χ1) is 9.56. The Kier molecular flexibility index (Phi) is 4.45. The quantitative estimate of drug-likeness (QED) is 0.869. The van der Waals surface area contributed by atoms with Gasteiger partial charge in [-0.15, -0.1) is 0 Å². The molecule has 0 atom stereocenters. The number of hydrogen-bond acceptors (Lipinski definition) is 2. The number of benzene rings is 1. The van der Waals surface area contributed by atoms with Crippen LogP contribution in [0.15, 0.2) is 35.3 Å². The van der Waals surface area contributed by atoms with Gasteiger partial charge in [0.05, 0.1) is 5.52 Å². The number of fused-ring (bicyclic) bond motifs is 1. The molecule has 0 fully saturated rings. The molecule has 106 valence electrons. The molecule has 0 saturated carbocycles. The van der Waals surface area contributed by atoms with Crippen molar-refractivity contribution in [2.24, 2.45) is 0 Å². The summed E-state index contributed by atoms with van der Waals surface area (Å²) >= 11 is 5.99. The van der Waals surface area contributed by atoms with Crippen LogP contribution in [-0.4, -0.2) is 28.5 Å². The summed E-state index contributed by atoms with van der Waals surface area (Å²) in [6.07, 6.45) is 1.64. The second-order valence-corrected chi connectivity index (χ2v) is 4.97. The zero-order chi connectivity index (χ0) is 14.7. The fourth-order valence-electron chi connectivity index (χ4n) is 2.24. The highest BCUT2D eigenvalue weighted by Gasteiger charge is 2.12. The van der Waals surface area contributed by atoms with E-state index in [1.165, 1.54) is 6.07 Å². The molecule has 0 aliphatic heterocycles. The molecule has 0 aliphatic carbocycles. The third-order valence-electron chi connectivity index (χ3n) is 3.36. The van der Waals surface area contributed by atoms with Crippen LogP contribution in [0.3, 0.4) is 0 Å². The van der Waals surface area contributed by atoms with Gasteiger partial charge >= 0.3 is 0 Å². The number of amides is 1. The monoisotopic (exact) mass is 292 g/mol. The summed E-state index contributed by atoms with van der Waals surface area (Å²) < 4.78 is 1.77. The lowest BCUT2D eigenvalue weighted by Gasteiger charge is -2.20. The van der Waals surface area contributed by atoms with Crippen LogP contribution >= 0.6 is 11.6 Å². The summed E-state index contributed by atoms with van der Waals surface area (Å²) in [5.41, 5.74) is 0.619. The van der Waals surface area contributed by atoms with Crippen molar-refractivity contribution in [2.45, 2.75) is 20.4 Å². The molecule has 1 amide bonds. The number of carbonyl (C=O) groups is 1. The summed E-state index contributed by atoms with van der Waals surface area (Å²) in [5.74, 6) is 0.0277. The molecule has 5 heteroatoms. The number of rotatable bonds is 4. The van der Waals surface area contributed by atoms with E-state index in [0.717, 1.165) is 0 Å². The van der Waals surface area contributed by atoms with Crippen molar-refractivity contribution in [2.75, 3.05) is 13.1 Å². The molecule has 20 heavy (non-hydrogen) atoms. The number of pyridine rings is 1. The third kappa shape index (κ3) is 2.85. The van der Waals surface area contributed by atoms with Crippen LogP contribution in [0.4, 0.5) is 0 Å². The summed E-state index contributed by atoms with van der Waals surface area (Å²) in [4.78, 5) is 25.8. The first-order valence-corrected chi connectivity index (χ1v) is 7.01. The van der Waals surface area contributed by atoms with Gasteiger partial charge < -0.3 is 9.47 Å². The lowest BCUT2D eigenvalue weighted by molar-refractivity contribution is -0.131. The van der Waals surface area contributed by atoms with Crippen molar-refractivity contribution in [1.29, 1.82) is 0 Å². The largest absolute Gasteiger partial charge is 0.342 e. The number of aromatic nitrogens is 1. The van der Waals surface area contributed by atoms with Gasteiger partial charge in [-0.05, 0) is 32.0 Å². The highest BCUT2D eigenvalue weighted by atomic mass is 35.5. The number of carbonyl (C=O) groups excluding carboxylic acids is 1. The van der Waals surface area contributed by atoms with E-state index in [0.29, 0.717) is 29.0 Å². The van der Waals surface area contributed by atoms with E-state index < -0.39 is 0 Å². The second kappa shape index (κ2) is 6.09. The van der Waals surface area contributed by atoms with E-state index in [1.807, 2.05) is 13.8 Å². The van der Waals surface area contributed by atoms with E-state index in [2.05, 4.69) is 0 Å². The zero-order valence-electron chi connectivity index (χ0n) is 11.6. The van der Waals surface area contributed by atoms with Crippen molar-refractivity contribution < 1.29 is 4.79 Å². The lowest BCUT2D eigenvalue weighted by atomic mass is 10.2. The predicted octanol–water partition coefficient (Wildman–Crippen LogP) is 2.52. The molecule has 2 rings (SSSR count). The van der Waals surface area contributed by atoms with Crippen molar-refractivity contribution in [3.8, 4) is 0 Å². The molecule has 0 saturated heterocycles. The molecular weight excluding hydrogens is 276 g/mol. The highest BCUT2D eigenvalue weighted by Crippen LogP contribution is 2.16. The minimum atomic E-state index is -0.0665. The normalized spacial score (nSPS) is 10.8.